The second-order valence-corrected chi connectivity index (χ2v) is 4.85. The van der Waals surface area contributed by atoms with Gasteiger partial charge in [0.25, 0.3) is 0 Å². The number of carboxylic acids is 1. The number of hydrogen-bond donors (Lipinski definition) is 4. The Morgan fingerprint density at radius 1 is 1.37 bits per heavy atom. The Bertz CT molecular complexity index is 505. The number of carboxylic acid groups (broad SMARTS) is 1. The Balaban J connectivity index is 2.59. The largest absolute Gasteiger partial charge is 0.479 e. The number of amides is 2. The van der Waals surface area contributed by atoms with E-state index < -0.39 is 24.1 Å². The van der Waals surface area contributed by atoms with Gasteiger partial charge in [-0.05, 0) is 25.1 Å². The molecule has 6 nitrogen and oxygen atoms in total. The molecule has 0 radical (unpaired) electrons. The van der Waals surface area contributed by atoms with Crippen LogP contribution in [0.15, 0.2) is 18.2 Å². The Labute approximate surface area is 119 Å². The molecule has 1 aromatic carbocycles. The number of aliphatic carboxylic acids is 1. The van der Waals surface area contributed by atoms with Gasteiger partial charge in [-0.25, -0.2) is 9.59 Å². The molecule has 0 aromatic heterocycles. The molecule has 0 heterocycles. The summed E-state index contributed by atoms with van der Waals surface area (Å²) in [7, 11) is 0. The van der Waals surface area contributed by atoms with E-state index in [1.165, 1.54) is 18.2 Å². The first-order valence-corrected chi connectivity index (χ1v) is 5.93. The van der Waals surface area contributed by atoms with Gasteiger partial charge in [-0.15, -0.1) is 0 Å². The molecule has 2 amide bonds. The maximum atomic E-state index is 11.5. The van der Waals surface area contributed by atoms with E-state index in [1.54, 1.807) is 0 Å². The standard InChI is InChI=1S/C11H12Cl2N2O4/c1-11(19,9(16)17)5-14-10(18)15-8-3-2-6(12)4-7(8)13/h2-4,19H,5H2,1H3,(H,16,17)(H2,14,15,18). The third-order valence-electron chi connectivity index (χ3n) is 2.23. The van der Waals surface area contributed by atoms with Crippen molar-refractivity contribution in [2.45, 2.75) is 12.5 Å². The van der Waals surface area contributed by atoms with E-state index >= 15 is 0 Å². The molecule has 0 aliphatic carbocycles. The van der Waals surface area contributed by atoms with Crippen LogP contribution in [0.2, 0.25) is 10.0 Å². The van der Waals surface area contributed by atoms with Gasteiger partial charge in [0.2, 0.25) is 0 Å². The highest BCUT2D eigenvalue weighted by Crippen LogP contribution is 2.25. The van der Waals surface area contributed by atoms with Crippen LogP contribution in [-0.4, -0.2) is 34.4 Å². The fourth-order valence-electron chi connectivity index (χ4n) is 1.09. The minimum Gasteiger partial charge on any atom is -0.479 e. The lowest BCUT2D eigenvalue weighted by molar-refractivity contribution is -0.155. The summed E-state index contributed by atoms with van der Waals surface area (Å²) < 4.78 is 0. The quantitative estimate of drug-likeness (QED) is 0.683. The Morgan fingerprint density at radius 2 is 2.00 bits per heavy atom. The van der Waals surface area contributed by atoms with Crippen molar-refractivity contribution in [2.75, 3.05) is 11.9 Å². The van der Waals surface area contributed by atoms with Gasteiger partial charge in [-0.2, -0.15) is 0 Å². The minimum atomic E-state index is -2.04. The molecule has 1 rings (SSSR count). The highest BCUT2D eigenvalue weighted by molar-refractivity contribution is 6.36. The van der Waals surface area contributed by atoms with Gasteiger partial charge in [0, 0.05) is 5.02 Å². The number of carbonyl (C=O) groups excluding carboxylic acids is 1. The number of halogens is 2. The zero-order chi connectivity index (χ0) is 14.6. The van der Waals surface area contributed by atoms with E-state index in [9.17, 15) is 14.7 Å². The third-order valence-corrected chi connectivity index (χ3v) is 2.78. The van der Waals surface area contributed by atoms with Crippen LogP contribution in [0, 0.1) is 0 Å². The normalized spacial score (nSPS) is 13.5. The number of urea groups is 1. The molecule has 0 fully saturated rings. The first kappa shape index (κ1) is 15.6. The molecule has 0 aliphatic rings. The summed E-state index contributed by atoms with van der Waals surface area (Å²) in [5.41, 5.74) is -1.72. The molecule has 0 saturated carbocycles. The number of benzene rings is 1. The first-order valence-electron chi connectivity index (χ1n) is 5.18. The van der Waals surface area contributed by atoms with Crippen LogP contribution in [0.25, 0.3) is 0 Å². The van der Waals surface area contributed by atoms with Gasteiger partial charge in [0.05, 0.1) is 17.3 Å². The first-order chi connectivity index (χ1) is 8.72. The molecule has 19 heavy (non-hydrogen) atoms. The molecular formula is C11H12Cl2N2O4. The van der Waals surface area contributed by atoms with Gasteiger partial charge < -0.3 is 20.8 Å². The molecule has 1 atom stereocenters. The van der Waals surface area contributed by atoms with Crippen LogP contribution in [0.5, 0.6) is 0 Å². The van der Waals surface area contributed by atoms with Crippen molar-refractivity contribution in [3.05, 3.63) is 28.2 Å². The summed E-state index contributed by atoms with van der Waals surface area (Å²) in [6.07, 6.45) is 0. The third kappa shape index (κ3) is 4.59. The van der Waals surface area contributed by atoms with E-state index in [4.69, 9.17) is 28.3 Å². The summed E-state index contributed by atoms with van der Waals surface area (Å²) in [5, 5.41) is 23.4. The van der Waals surface area contributed by atoms with Crippen LogP contribution in [0.1, 0.15) is 6.92 Å². The molecular weight excluding hydrogens is 295 g/mol. The smallest absolute Gasteiger partial charge is 0.337 e. The Hall–Kier alpha value is -1.50. The van der Waals surface area contributed by atoms with Crippen molar-refractivity contribution >= 4 is 40.9 Å². The van der Waals surface area contributed by atoms with Crippen LogP contribution in [0.3, 0.4) is 0 Å². The predicted molar refractivity (Wildman–Crippen MR) is 71.7 cm³/mol. The van der Waals surface area contributed by atoms with Crippen LogP contribution >= 0.6 is 23.2 Å². The molecule has 0 saturated heterocycles. The highest BCUT2D eigenvalue weighted by Gasteiger charge is 2.30. The topological polar surface area (TPSA) is 98.7 Å². The molecule has 0 bridgehead atoms. The van der Waals surface area contributed by atoms with Gasteiger partial charge in [0.15, 0.2) is 5.60 Å². The zero-order valence-electron chi connectivity index (χ0n) is 9.91. The van der Waals surface area contributed by atoms with Crippen molar-refractivity contribution in [3.8, 4) is 0 Å². The number of aliphatic hydroxyl groups is 1. The molecule has 1 unspecified atom stereocenters. The van der Waals surface area contributed by atoms with Gasteiger partial charge >= 0.3 is 12.0 Å². The molecule has 104 valence electrons. The lowest BCUT2D eigenvalue weighted by Crippen LogP contribution is -2.47. The summed E-state index contributed by atoms with van der Waals surface area (Å²) >= 11 is 11.5. The fourth-order valence-corrected chi connectivity index (χ4v) is 1.54. The summed E-state index contributed by atoms with van der Waals surface area (Å²) in [6, 6.07) is 3.80. The number of carbonyl (C=O) groups is 2. The summed E-state index contributed by atoms with van der Waals surface area (Å²) in [4.78, 5) is 22.1. The van der Waals surface area contributed by atoms with E-state index in [2.05, 4.69) is 10.6 Å². The molecule has 1 aromatic rings. The summed E-state index contributed by atoms with van der Waals surface area (Å²) in [6.45, 7) is 0.629. The van der Waals surface area contributed by atoms with Crippen LogP contribution in [0.4, 0.5) is 10.5 Å². The summed E-state index contributed by atoms with van der Waals surface area (Å²) in [5.74, 6) is -1.43. The minimum absolute atomic E-state index is 0.243. The van der Waals surface area contributed by atoms with E-state index in [1.807, 2.05) is 0 Å². The van der Waals surface area contributed by atoms with Crippen molar-refractivity contribution in [3.63, 3.8) is 0 Å². The van der Waals surface area contributed by atoms with Crippen molar-refractivity contribution < 1.29 is 19.8 Å². The molecule has 0 spiro atoms. The molecule has 4 N–H and O–H groups in total. The lowest BCUT2D eigenvalue weighted by Gasteiger charge is -2.18. The SMILES string of the molecule is CC(O)(CNC(=O)Nc1ccc(Cl)cc1Cl)C(=O)O. The molecule has 0 aliphatic heterocycles. The van der Waals surface area contributed by atoms with E-state index in [0.29, 0.717) is 10.7 Å². The average molecular weight is 307 g/mol. The Morgan fingerprint density at radius 3 is 2.53 bits per heavy atom. The number of anilines is 1. The average Bonchev–Trinajstić information content (AvgIpc) is 2.30. The number of hydrogen-bond acceptors (Lipinski definition) is 3. The monoisotopic (exact) mass is 306 g/mol. The van der Waals surface area contributed by atoms with Gasteiger partial charge in [-0.1, -0.05) is 23.2 Å². The molecule has 8 heteroatoms. The van der Waals surface area contributed by atoms with Crippen LogP contribution in [-0.2, 0) is 4.79 Å². The van der Waals surface area contributed by atoms with E-state index in [-0.39, 0.29) is 5.02 Å². The van der Waals surface area contributed by atoms with Gasteiger partial charge in [-0.3, -0.25) is 0 Å². The second-order valence-electron chi connectivity index (χ2n) is 4.01. The van der Waals surface area contributed by atoms with E-state index in [0.717, 1.165) is 6.92 Å². The number of rotatable bonds is 4. The van der Waals surface area contributed by atoms with Gasteiger partial charge in [0.1, 0.15) is 0 Å². The highest BCUT2D eigenvalue weighted by atomic mass is 35.5. The zero-order valence-corrected chi connectivity index (χ0v) is 11.4. The fraction of sp³-hybridized carbons (Fsp3) is 0.273. The lowest BCUT2D eigenvalue weighted by atomic mass is 10.1. The predicted octanol–water partition coefficient (Wildman–Crippen LogP) is 1.95. The second kappa shape index (κ2) is 6.10. The van der Waals surface area contributed by atoms with Crippen LogP contribution < -0.4 is 10.6 Å². The van der Waals surface area contributed by atoms with Crippen molar-refractivity contribution in [1.82, 2.24) is 5.32 Å². The maximum Gasteiger partial charge on any atom is 0.337 e. The van der Waals surface area contributed by atoms with Crippen molar-refractivity contribution in [2.24, 2.45) is 0 Å². The van der Waals surface area contributed by atoms with Crippen molar-refractivity contribution in [1.29, 1.82) is 0 Å². The maximum absolute atomic E-state index is 11.5. The number of nitrogens with one attached hydrogen (secondary N) is 2. The Kier molecular flexibility index (Phi) is 4.99.